The Morgan fingerprint density at radius 2 is 2.00 bits per heavy atom. The Kier molecular flexibility index (Phi) is 13.0. The minimum Gasteiger partial charge on any atom is -0.379 e. The summed E-state index contributed by atoms with van der Waals surface area (Å²) in [5.41, 5.74) is 0.714. The normalized spacial score (nSPS) is 11.3. The second-order valence-corrected chi connectivity index (χ2v) is 5.50. The maximum atomic E-state index is 13.5. The van der Waals surface area contributed by atoms with Gasteiger partial charge in [0.05, 0.1) is 13.2 Å². The van der Waals surface area contributed by atoms with Gasteiger partial charge in [-0.05, 0) is 30.9 Å². The summed E-state index contributed by atoms with van der Waals surface area (Å²) >= 11 is 0. The predicted octanol–water partition coefficient (Wildman–Crippen LogP) is 3.21. The average Bonchev–Trinajstić information content (AvgIpc) is 2.48. The molecule has 0 fully saturated rings. The van der Waals surface area contributed by atoms with E-state index in [1.807, 2.05) is 13.0 Å². The zero-order valence-electron chi connectivity index (χ0n) is 14.3. The second kappa shape index (κ2) is 13.5. The molecule has 0 aromatic heterocycles. The number of rotatable bonds is 9. The maximum Gasteiger partial charge on any atom is 0.191 e. The van der Waals surface area contributed by atoms with Crippen LogP contribution >= 0.6 is 24.0 Å². The third-order valence-corrected chi connectivity index (χ3v) is 2.95. The number of guanidine groups is 1. The van der Waals surface area contributed by atoms with E-state index in [4.69, 9.17) is 4.74 Å². The van der Waals surface area contributed by atoms with Crippen molar-refractivity contribution in [3.63, 3.8) is 0 Å². The summed E-state index contributed by atoms with van der Waals surface area (Å²) in [5.74, 6) is 1.12. The van der Waals surface area contributed by atoms with Crippen LogP contribution in [0.25, 0.3) is 0 Å². The molecule has 132 valence electrons. The Hall–Kier alpha value is -0.890. The molecule has 0 radical (unpaired) electrons. The highest BCUT2D eigenvalue weighted by Crippen LogP contribution is 2.06. The number of nitrogens with one attached hydrogen (secondary N) is 2. The lowest BCUT2D eigenvalue weighted by Crippen LogP contribution is -2.38. The zero-order chi connectivity index (χ0) is 16.2. The van der Waals surface area contributed by atoms with E-state index < -0.39 is 0 Å². The summed E-state index contributed by atoms with van der Waals surface area (Å²) in [7, 11) is 0. The zero-order valence-corrected chi connectivity index (χ0v) is 16.6. The summed E-state index contributed by atoms with van der Waals surface area (Å²) in [6.07, 6.45) is 0.626. The SMILES string of the molecule is CCNC(=NCCOCC(C)C)NCCc1ccccc1F.I. The van der Waals surface area contributed by atoms with Crippen molar-refractivity contribution in [2.24, 2.45) is 10.9 Å². The van der Waals surface area contributed by atoms with Crippen molar-refractivity contribution in [2.45, 2.75) is 27.2 Å². The Bertz CT molecular complexity index is 455. The molecule has 0 heterocycles. The molecule has 0 spiro atoms. The monoisotopic (exact) mass is 437 g/mol. The molecule has 0 bridgehead atoms. The lowest BCUT2D eigenvalue weighted by atomic mass is 10.1. The van der Waals surface area contributed by atoms with Gasteiger partial charge >= 0.3 is 0 Å². The topological polar surface area (TPSA) is 45.7 Å². The van der Waals surface area contributed by atoms with E-state index in [0.29, 0.717) is 37.6 Å². The van der Waals surface area contributed by atoms with E-state index in [1.165, 1.54) is 6.07 Å². The van der Waals surface area contributed by atoms with Crippen LogP contribution in [0.5, 0.6) is 0 Å². The maximum absolute atomic E-state index is 13.5. The second-order valence-electron chi connectivity index (χ2n) is 5.50. The van der Waals surface area contributed by atoms with E-state index in [1.54, 1.807) is 12.1 Å². The van der Waals surface area contributed by atoms with Crippen LogP contribution in [0, 0.1) is 11.7 Å². The van der Waals surface area contributed by atoms with E-state index in [2.05, 4.69) is 29.5 Å². The molecular formula is C17H29FIN3O. The molecule has 1 aromatic rings. The minimum absolute atomic E-state index is 0. The molecular weight excluding hydrogens is 408 g/mol. The smallest absolute Gasteiger partial charge is 0.191 e. The largest absolute Gasteiger partial charge is 0.379 e. The van der Waals surface area contributed by atoms with Gasteiger partial charge in [0.25, 0.3) is 0 Å². The van der Waals surface area contributed by atoms with Gasteiger partial charge in [0.1, 0.15) is 5.82 Å². The highest BCUT2D eigenvalue weighted by molar-refractivity contribution is 14.0. The first kappa shape index (κ1) is 22.1. The first-order valence-corrected chi connectivity index (χ1v) is 7.96. The van der Waals surface area contributed by atoms with Gasteiger partial charge in [0.15, 0.2) is 5.96 Å². The minimum atomic E-state index is -0.159. The summed E-state index contributed by atoms with van der Waals surface area (Å²) < 4.78 is 19.0. The van der Waals surface area contributed by atoms with Gasteiger partial charge in [-0.25, -0.2) is 4.39 Å². The third-order valence-electron chi connectivity index (χ3n) is 2.95. The lowest BCUT2D eigenvalue weighted by molar-refractivity contribution is 0.117. The number of hydrogen-bond donors (Lipinski definition) is 2. The summed E-state index contributed by atoms with van der Waals surface area (Å²) in [5, 5.41) is 6.39. The van der Waals surface area contributed by atoms with Gasteiger partial charge in [-0.3, -0.25) is 4.99 Å². The highest BCUT2D eigenvalue weighted by Gasteiger charge is 2.01. The van der Waals surface area contributed by atoms with Crippen molar-refractivity contribution >= 4 is 29.9 Å². The van der Waals surface area contributed by atoms with Crippen LogP contribution in [-0.4, -0.2) is 38.8 Å². The van der Waals surface area contributed by atoms with Crippen LogP contribution < -0.4 is 10.6 Å². The predicted molar refractivity (Wildman–Crippen MR) is 105 cm³/mol. The Morgan fingerprint density at radius 1 is 1.26 bits per heavy atom. The highest BCUT2D eigenvalue weighted by atomic mass is 127. The van der Waals surface area contributed by atoms with Crippen molar-refractivity contribution < 1.29 is 9.13 Å². The number of hydrogen-bond acceptors (Lipinski definition) is 2. The Labute approximate surface area is 156 Å². The number of aliphatic imine (C=N–C) groups is 1. The first-order chi connectivity index (χ1) is 10.6. The molecule has 1 aromatic carbocycles. The first-order valence-electron chi connectivity index (χ1n) is 7.96. The van der Waals surface area contributed by atoms with Crippen molar-refractivity contribution in [2.75, 3.05) is 32.8 Å². The van der Waals surface area contributed by atoms with E-state index in [9.17, 15) is 4.39 Å². The lowest BCUT2D eigenvalue weighted by Gasteiger charge is -2.12. The fourth-order valence-corrected chi connectivity index (χ4v) is 1.90. The summed E-state index contributed by atoms with van der Waals surface area (Å²) in [4.78, 5) is 4.44. The van der Waals surface area contributed by atoms with Crippen LogP contribution in [-0.2, 0) is 11.2 Å². The summed E-state index contributed by atoms with van der Waals surface area (Å²) in [6.45, 7) is 9.67. The van der Waals surface area contributed by atoms with Crippen molar-refractivity contribution in [3.8, 4) is 0 Å². The van der Waals surface area contributed by atoms with Crippen LogP contribution in [0.2, 0.25) is 0 Å². The standard InChI is InChI=1S/C17H28FN3O.HI/c1-4-19-17(21-11-12-22-13-14(2)3)20-10-9-15-7-5-6-8-16(15)18;/h5-8,14H,4,9-13H2,1-3H3,(H2,19,20,21);1H. The van der Waals surface area contributed by atoms with Crippen LogP contribution in [0.3, 0.4) is 0 Å². The molecule has 0 atom stereocenters. The van der Waals surface area contributed by atoms with Gasteiger partial charge in [-0.2, -0.15) is 0 Å². The van der Waals surface area contributed by atoms with Crippen molar-refractivity contribution in [1.29, 1.82) is 0 Å². The molecule has 2 N–H and O–H groups in total. The molecule has 0 amide bonds. The molecule has 0 aliphatic heterocycles. The molecule has 1 rings (SSSR count). The molecule has 0 aliphatic rings. The fraction of sp³-hybridized carbons (Fsp3) is 0.588. The Morgan fingerprint density at radius 3 is 2.65 bits per heavy atom. The number of benzene rings is 1. The fourth-order valence-electron chi connectivity index (χ4n) is 1.90. The molecule has 6 heteroatoms. The van der Waals surface area contributed by atoms with Crippen LogP contribution in [0.4, 0.5) is 4.39 Å². The average molecular weight is 437 g/mol. The van der Waals surface area contributed by atoms with Crippen molar-refractivity contribution in [1.82, 2.24) is 10.6 Å². The molecule has 0 unspecified atom stereocenters. The van der Waals surface area contributed by atoms with Crippen LogP contribution in [0.1, 0.15) is 26.3 Å². The number of nitrogens with zero attached hydrogens (tertiary/aromatic N) is 1. The van der Waals surface area contributed by atoms with Gasteiger partial charge in [0.2, 0.25) is 0 Å². The van der Waals surface area contributed by atoms with Gasteiger partial charge in [-0.1, -0.05) is 32.0 Å². The van der Waals surface area contributed by atoms with Gasteiger partial charge in [-0.15, -0.1) is 24.0 Å². The third kappa shape index (κ3) is 10.5. The van der Waals surface area contributed by atoms with Gasteiger partial charge < -0.3 is 15.4 Å². The quantitative estimate of drug-likeness (QED) is 0.270. The van der Waals surface area contributed by atoms with E-state index in [-0.39, 0.29) is 29.8 Å². The van der Waals surface area contributed by atoms with Crippen molar-refractivity contribution in [3.05, 3.63) is 35.6 Å². The summed E-state index contributed by atoms with van der Waals surface area (Å²) in [6, 6.07) is 6.85. The molecule has 0 saturated heterocycles. The number of halogens is 2. The molecule has 4 nitrogen and oxygen atoms in total. The van der Waals surface area contributed by atoms with E-state index >= 15 is 0 Å². The molecule has 0 saturated carbocycles. The van der Waals surface area contributed by atoms with Crippen LogP contribution in [0.15, 0.2) is 29.3 Å². The number of ether oxygens (including phenoxy) is 1. The molecule has 0 aliphatic carbocycles. The Balaban J connectivity index is 0.00000484. The molecule has 23 heavy (non-hydrogen) atoms. The van der Waals surface area contributed by atoms with E-state index in [0.717, 1.165) is 19.1 Å². The van der Waals surface area contributed by atoms with Gasteiger partial charge in [0, 0.05) is 19.7 Å².